The molecule has 2 aliphatic heterocycles. The maximum absolute atomic E-state index is 14.5. The topological polar surface area (TPSA) is 108 Å². The first-order valence-corrected chi connectivity index (χ1v) is 12.0. The first-order chi connectivity index (χ1) is 14.9. The number of amides is 1. The van der Waals surface area contributed by atoms with Crippen molar-refractivity contribution in [2.75, 3.05) is 44.3 Å². The van der Waals surface area contributed by atoms with Crippen molar-refractivity contribution in [3.63, 3.8) is 0 Å². The number of hydrogen-bond acceptors (Lipinski definition) is 7. The summed E-state index contributed by atoms with van der Waals surface area (Å²) in [5, 5.41) is 9.15. The SMILES string of the molecule is Cl.O=C(NO)C1(S(=O)(=O)N2CCN(c3ccc(OC4CCC4)c(F)c3)CC2)CCOCC1. The molecule has 3 aliphatic rings. The number of rotatable bonds is 6. The van der Waals surface area contributed by atoms with E-state index in [1.807, 2.05) is 4.90 Å². The quantitative estimate of drug-likeness (QED) is 0.458. The first-order valence-electron chi connectivity index (χ1n) is 10.6. The van der Waals surface area contributed by atoms with Gasteiger partial charge in [-0.15, -0.1) is 12.4 Å². The van der Waals surface area contributed by atoms with Crippen LogP contribution in [0.5, 0.6) is 5.75 Å². The molecule has 2 N–H and O–H groups in total. The second-order valence-electron chi connectivity index (χ2n) is 8.22. The number of ether oxygens (including phenoxy) is 2. The van der Waals surface area contributed by atoms with E-state index in [2.05, 4.69) is 0 Å². The zero-order valence-electron chi connectivity index (χ0n) is 17.7. The number of nitrogens with one attached hydrogen (secondary N) is 1. The molecular formula is C20H29ClFN3O6S. The molecule has 9 nitrogen and oxygen atoms in total. The highest BCUT2D eigenvalue weighted by atomic mass is 35.5. The van der Waals surface area contributed by atoms with E-state index < -0.39 is 26.5 Å². The van der Waals surface area contributed by atoms with E-state index >= 15 is 0 Å². The second-order valence-corrected chi connectivity index (χ2v) is 10.5. The molecule has 4 rings (SSSR count). The van der Waals surface area contributed by atoms with Crippen LogP contribution in [0.4, 0.5) is 10.1 Å². The highest BCUT2D eigenvalue weighted by Gasteiger charge is 2.54. The smallest absolute Gasteiger partial charge is 0.266 e. The lowest BCUT2D eigenvalue weighted by molar-refractivity contribution is -0.134. The van der Waals surface area contributed by atoms with Crippen LogP contribution in [0.15, 0.2) is 18.2 Å². The van der Waals surface area contributed by atoms with Crippen LogP contribution in [0.2, 0.25) is 0 Å². The molecule has 0 spiro atoms. The molecule has 2 saturated heterocycles. The Morgan fingerprint density at radius 1 is 1.19 bits per heavy atom. The monoisotopic (exact) mass is 493 g/mol. The van der Waals surface area contributed by atoms with E-state index in [4.69, 9.17) is 14.7 Å². The van der Waals surface area contributed by atoms with Gasteiger partial charge in [-0.25, -0.2) is 18.3 Å². The standard InChI is InChI=1S/C20H28FN3O6S.ClH/c21-17-14-15(4-5-18(17)30-16-2-1-3-16)23-8-10-24(11-9-23)31(27,28)20(19(25)22-26)6-12-29-13-7-20;/h4-5,14,16,26H,1-3,6-13H2,(H,22,25);1H. The first kappa shape index (κ1) is 25.0. The summed E-state index contributed by atoms with van der Waals surface area (Å²) in [5.41, 5.74) is 2.18. The summed E-state index contributed by atoms with van der Waals surface area (Å²) >= 11 is 0. The van der Waals surface area contributed by atoms with Gasteiger partial charge in [-0.2, -0.15) is 4.31 Å². The molecule has 180 valence electrons. The van der Waals surface area contributed by atoms with Crippen LogP contribution in [0.3, 0.4) is 0 Å². The Morgan fingerprint density at radius 3 is 2.38 bits per heavy atom. The molecule has 1 aromatic carbocycles. The van der Waals surface area contributed by atoms with Gasteiger partial charge in [-0.3, -0.25) is 10.0 Å². The van der Waals surface area contributed by atoms with Gasteiger partial charge in [-0.05, 0) is 31.4 Å². The lowest BCUT2D eigenvalue weighted by Crippen LogP contribution is -2.62. The molecule has 1 amide bonds. The number of carbonyl (C=O) groups is 1. The van der Waals surface area contributed by atoms with Gasteiger partial charge >= 0.3 is 0 Å². The third-order valence-electron chi connectivity index (χ3n) is 6.51. The van der Waals surface area contributed by atoms with E-state index in [-0.39, 0.29) is 63.4 Å². The molecule has 3 fully saturated rings. The summed E-state index contributed by atoms with van der Waals surface area (Å²) in [7, 11) is -4.03. The molecular weight excluding hydrogens is 465 g/mol. The molecule has 32 heavy (non-hydrogen) atoms. The Hall–Kier alpha value is -1.66. The normalized spacial score (nSPS) is 21.9. The predicted molar refractivity (Wildman–Crippen MR) is 117 cm³/mol. The van der Waals surface area contributed by atoms with E-state index in [9.17, 15) is 17.6 Å². The number of halogens is 2. The van der Waals surface area contributed by atoms with Gasteiger partial charge < -0.3 is 14.4 Å². The minimum Gasteiger partial charge on any atom is -0.487 e. The number of nitrogens with zero attached hydrogens (tertiary/aromatic N) is 2. The highest BCUT2D eigenvalue weighted by molar-refractivity contribution is 7.91. The van der Waals surface area contributed by atoms with Crippen LogP contribution in [-0.2, 0) is 19.6 Å². The van der Waals surface area contributed by atoms with Gasteiger partial charge in [0, 0.05) is 64.0 Å². The highest BCUT2D eigenvalue weighted by Crippen LogP contribution is 2.34. The number of piperazine rings is 1. The van der Waals surface area contributed by atoms with Crippen LogP contribution in [0, 0.1) is 5.82 Å². The molecule has 2 heterocycles. The fourth-order valence-corrected chi connectivity index (χ4v) is 6.39. The fourth-order valence-electron chi connectivity index (χ4n) is 4.29. The molecule has 0 aromatic heterocycles. The van der Waals surface area contributed by atoms with Crippen molar-refractivity contribution in [2.24, 2.45) is 0 Å². The van der Waals surface area contributed by atoms with Gasteiger partial charge in [0.1, 0.15) is 0 Å². The van der Waals surface area contributed by atoms with Gasteiger partial charge in [0.05, 0.1) is 6.10 Å². The van der Waals surface area contributed by atoms with Crippen LogP contribution in [0.1, 0.15) is 32.1 Å². The van der Waals surface area contributed by atoms with Crippen molar-refractivity contribution in [1.82, 2.24) is 9.79 Å². The molecule has 1 aliphatic carbocycles. The average Bonchev–Trinajstić information content (AvgIpc) is 2.76. The third kappa shape index (κ3) is 4.54. The Bertz CT molecular complexity index is 916. The van der Waals surface area contributed by atoms with Crippen LogP contribution >= 0.6 is 12.4 Å². The minimum atomic E-state index is -4.03. The number of benzene rings is 1. The molecule has 0 bridgehead atoms. The van der Waals surface area contributed by atoms with Gasteiger partial charge in [0.15, 0.2) is 16.3 Å². The molecule has 12 heteroatoms. The summed E-state index contributed by atoms with van der Waals surface area (Å²) in [6.45, 7) is 1.28. The number of carbonyl (C=O) groups excluding carboxylic acids is 1. The maximum atomic E-state index is 14.5. The maximum Gasteiger partial charge on any atom is 0.266 e. The van der Waals surface area contributed by atoms with Crippen LogP contribution in [0.25, 0.3) is 0 Å². The molecule has 0 atom stereocenters. The fraction of sp³-hybridized carbons (Fsp3) is 0.650. The second kappa shape index (κ2) is 10.1. The van der Waals surface area contributed by atoms with Crippen molar-refractivity contribution in [2.45, 2.75) is 43.0 Å². The molecule has 1 saturated carbocycles. The zero-order chi connectivity index (χ0) is 22.1. The zero-order valence-corrected chi connectivity index (χ0v) is 19.3. The summed E-state index contributed by atoms with van der Waals surface area (Å²) in [6, 6.07) is 4.81. The minimum absolute atomic E-state index is 0. The predicted octanol–water partition coefficient (Wildman–Crippen LogP) is 1.69. The Labute approximate surface area is 193 Å². The van der Waals surface area contributed by atoms with Crippen molar-refractivity contribution in [3.05, 3.63) is 24.0 Å². The van der Waals surface area contributed by atoms with Crippen molar-refractivity contribution < 1.29 is 32.3 Å². The average molecular weight is 494 g/mol. The van der Waals surface area contributed by atoms with Crippen molar-refractivity contribution >= 4 is 34.0 Å². The summed E-state index contributed by atoms with van der Waals surface area (Å²) in [5.74, 6) is -1.12. The van der Waals surface area contributed by atoms with Gasteiger partial charge in [-0.1, -0.05) is 0 Å². The van der Waals surface area contributed by atoms with E-state index in [1.54, 1.807) is 12.1 Å². The Balaban J connectivity index is 0.00000289. The molecule has 0 unspecified atom stereocenters. The van der Waals surface area contributed by atoms with Crippen molar-refractivity contribution in [1.29, 1.82) is 0 Å². The number of hydrogen-bond donors (Lipinski definition) is 2. The largest absolute Gasteiger partial charge is 0.487 e. The van der Waals surface area contributed by atoms with Crippen LogP contribution in [-0.4, -0.2) is 74.1 Å². The Kier molecular flexibility index (Phi) is 7.87. The van der Waals surface area contributed by atoms with Gasteiger partial charge in [0.2, 0.25) is 10.0 Å². The molecule has 0 radical (unpaired) electrons. The summed E-state index contributed by atoms with van der Waals surface area (Å²) in [4.78, 5) is 14.3. The number of sulfonamides is 1. The van der Waals surface area contributed by atoms with E-state index in [1.165, 1.54) is 15.9 Å². The molecule has 1 aromatic rings. The number of anilines is 1. The summed E-state index contributed by atoms with van der Waals surface area (Å²) in [6.07, 6.45) is 3.04. The van der Waals surface area contributed by atoms with E-state index in [0.717, 1.165) is 19.3 Å². The lowest BCUT2D eigenvalue weighted by Gasteiger charge is -2.42. The lowest BCUT2D eigenvalue weighted by atomic mass is 9.96. The number of hydroxylamine groups is 1. The van der Waals surface area contributed by atoms with Gasteiger partial charge in [0.25, 0.3) is 5.91 Å². The van der Waals surface area contributed by atoms with Crippen LogP contribution < -0.4 is 15.1 Å². The third-order valence-corrected chi connectivity index (χ3v) is 9.14. The summed E-state index contributed by atoms with van der Waals surface area (Å²) < 4.78 is 51.6. The van der Waals surface area contributed by atoms with E-state index in [0.29, 0.717) is 18.8 Å². The van der Waals surface area contributed by atoms with Crippen molar-refractivity contribution in [3.8, 4) is 5.75 Å². The Morgan fingerprint density at radius 2 is 1.84 bits per heavy atom.